The average Bonchev–Trinajstić information content (AvgIpc) is 3.37. The number of fused-ring (bicyclic) bond motifs is 7. The second-order valence-corrected chi connectivity index (χ2v) is 10.5. The zero-order valence-corrected chi connectivity index (χ0v) is 17.3. The molecule has 0 aromatic carbocycles. The molecule has 0 aromatic rings. The van der Waals surface area contributed by atoms with Crippen LogP contribution in [0.5, 0.6) is 0 Å². The molecule has 0 bridgehead atoms. The van der Waals surface area contributed by atoms with Gasteiger partial charge in [0.25, 0.3) is 0 Å². The van der Waals surface area contributed by atoms with Crippen LogP contribution in [0.3, 0.4) is 0 Å². The summed E-state index contributed by atoms with van der Waals surface area (Å²) in [5.41, 5.74) is 0.103. The molecule has 6 rings (SSSR count). The largest absolute Gasteiger partial charge is 0.350 e. The third-order valence-electron chi connectivity index (χ3n) is 9.65. The first-order valence-electron chi connectivity index (χ1n) is 11.1. The molecule has 4 aliphatic carbocycles. The van der Waals surface area contributed by atoms with Gasteiger partial charge in [-0.3, -0.25) is 9.59 Å². The summed E-state index contributed by atoms with van der Waals surface area (Å²) < 4.78 is 24.0. The first kappa shape index (κ1) is 18.7. The Morgan fingerprint density at radius 3 is 2.62 bits per heavy atom. The lowest BCUT2D eigenvalue weighted by Crippen LogP contribution is -2.65. The highest BCUT2D eigenvalue weighted by Crippen LogP contribution is 2.70. The normalized spacial score (nSPS) is 53.9. The van der Waals surface area contributed by atoms with Gasteiger partial charge < -0.3 is 18.9 Å². The van der Waals surface area contributed by atoms with Crippen LogP contribution >= 0.6 is 0 Å². The molecule has 6 heteroatoms. The van der Waals surface area contributed by atoms with Crippen molar-refractivity contribution >= 4 is 11.6 Å². The van der Waals surface area contributed by atoms with Crippen LogP contribution in [-0.2, 0) is 28.5 Å². The predicted octanol–water partition coefficient (Wildman–Crippen LogP) is 3.14. The smallest absolute Gasteiger partial charge is 0.226 e. The maximum Gasteiger partial charge on any atom is 0.226 e. The summed E-state index contributed by atoms with van der Waals surface area (Å²) in [5.74, 6) is 0.416. The molecule has 2 spiro atoms. The number of hydrogen-bond acceptors (Lipinski definition) is 6. The summed E-state index contributed by atoms with van der Waals surface area (Å²) in [4.78, 5) is 25.8. The van der Waals surface area contributed by atoms with Gasteiger partial charge in [0.1, 0.15) is 18.0 Å². The lowest BCUT2D eigenvalue weighted by atomic mass is 9.45. The topological polar surface area (TPSA) is 71.1 Å². The molecule has 7 atom stereocenters. The molecule has 0 amide bonds. The number of hydrogen-bond donors (Lipinski definition) is 0. The molecule has 6 nitrogen and oxygen atoms in total. The number of rotatable bonds is 0. The van der Waals surface area contributed by atoms with Crippen LogP contribution in [0.4, 0.5) is 0 Å². The van der Waals surface area contributed by atoms with Crippen molar-refractivity contribution in [1.29, 1.82) is 0 Å². The maximum atomic E-state index is 13.8. The Morgan fingerprint density at radius 1 is 1.00 bits per heavy atom. The molecule has 2 aliphatic heterocycles. The Labute approximate surface area is 171 Å². The van der Waals surface area contributed by atoms with Crippen molar-refractivity contribution in [2.75, 3.05) is 20.2 Å². The SMILES string of the molecule is C[C@]12CCC(=O)C=C1CC[C@@H]1[C@@H]2C(=O)C[C@@]2(C)[C@H]1CC[C@@]21OCO[C@]12COCO2. The Balaban J connectivity index is 1.42. The third-order valence-corrected chi connectivity index (χ3v) is 9.65. The minimum absolute atomic E-state index is 0.0165. The molecule has 3 saturated carbocycles. The van der Waals surface area contributed by atoms with Gasteiger partial charge >= 0.3 is 0 Å². The average molecular weight is 402 g/mol. The van der Waals surface area contributed by atoms with E-state index in [9.17, 15) is 9.59 Å². The van der Waals surface area contributed by atoms with Gasteiger partial charge in [-0.2, -0.15) is 0 Å². The van der Waals surface area contributed by atoms with Gasteiger partial charge in [0.15, 0.2) is 19.4 Å². The van der Waals surface area contributed by atoms with E-state index in [-0.39, 0.29) is 36.1 Å². The molecule has 0 N–H and O–H groups in total. The number of carbonyl (C=O) groups excluding carboxylic acids is 2. The number of ketones is 2. The molecule has 158 valence electrons. The van der Waals surface area contributed by atoms with Gasteiger partial charge in [-0.15, -0.1) is 0 Å². The summed E-state index contributed by atoms with van der Waals surface area (Å²) in [6.45, 7) is 5.24. The second-order valence-electron chi connectivity index (χ2n) is 10.5. The summed E-state index contributed by atoms with van der Waals surface area (Å²) in [7, 11) is 0. The summed E-state index contributed by atoms with van der Waals surface area (Å²) in [5, 5.41) is 0. The van der Waals surface area contributed by atoms with Crippen molar-refractivity contribution in [1.82, 2.24) is 0 Å². The molecular formula is C23H30O6. The first-order chi connectivity index (χ1) is 13.9. The van der Waals surface area contributed by atoms with Crippen molar-refractivity contribution in [3.63, 3.8) is 0 Å². The second kappa shape index (κ2) is 5.78. The number of allylic oxidation sites excluding steroid dienone is 1. The zero-order valence-electron chi connectivity index (χ0n) is 17.3. The number of carbonyl (C=O) groups is 2. The van der Waals surface area contributed by atoms with Gasteiger partial charge in [0.05, 0.1) is 0 Å². The Morgan fingerprint density at radius 2 is 1.83 bits per heavy atom. The molecule has 6 aliphatic rings. The van der Waals surface area contributed by atoms with E-state index >= 15 is 0 Å². The van der Waals surface area contributed by atoms with Gasteiger partial charge in [0.2, 0.25) is 5.79 Å². The van der Waals surface area contributed by atoms with Crippen LogP contribution in [0, 0.1) is 28.6 Å². The van der Waals surface area contributed by atoms with E-state index in [1.165, 1.54) is 5.57 Å². The van der Waals surface area contributed by atoms with Crippen LogP contribution in [0.15, 0.2) is 11.6 Å². The highest BCUT2D eigenvalue weighted by atomic mass is 16.9. The lowest BCUT2D eigenvalue weighted by molar-refractivity contribution is -0.246. The monoisotopic (exact) mass is 402 g/mol. The fourth-order valence-electron chi connectivity index (χ4n) is 8.36. The minimum Gasteiger partial charge on any atom is -0.350 e. The van der Waals surface area contributed by atoms with Crippen LogP contribution in [-0.4, -0.2) is 43.1 Å². The Bertz CT molecular complexity index is 807. The molecule has 2 saturated heterocycles. The van der Waals surface area contributed by atoms with Crippen LogP contribution in [0.1, 0.15) is 58.8 Å². The Kier molecular flexibility index (Phi) is 3.72. The molecule has 0 unspecified atom stereocenters. The van der Waals surface area contributed by atoms with E-state index in [0.717, 1.165) is 32.1 Å². The van der Waals surface area contributed by atoms with Crippen LogP contribution in [0.25, 0.3) is 0 Å². The van der Waals surface area contributed by atoms with E-state index in [1.54, 1.807) is 0 Å². The van der Waals surface area contributed by atoms with Crippen LogP contribution in [0.2, 0.25) is 0 Å². The van der Waals surface area contributed by atoms with Crippen LogP contribution < -0.4 is 0 Å². The van der Waals surface area contributed by atoms with Crippen molar-refractivity contribution < 1.29 is 28.5 Å². The van der Waals surface area contributed by atoms with E-state index in [2.05, 4.69) is 13.8 Å². The molecule has 5 fully saturated rings. The predicted molar refractivity (Wildman–Crippen MR) is 102 cm³/mol. The zero-order chi connectivity index (χ0) is 20.1. The van der Waals surface area contributed by atoms with Crippen molar-refractivity contribution in [2.24, 2.45) is 28.6 Å². The van der Waals surface area contributed by atoms with Gasteiger partial charge in [-0.05, 0) is 55.4 Å². The van der Waals surface area contributed by atoms with E-state index in [4.69, 9.17) is 18.9 Å². The van der Waals surface area contributed by atoms with Gasteiger partial charge in [0, 0.05) is 24.2 Å². The number of ether oxygens (including phenoxy) is 4. The van der Waals surface area contributed by atoms with Gasteiger partial charge in [-0.25, -0.2) is 0 Å². The molecule has 2 heterocycles. The van der Waals surface area contributed by atoms with Crippen molar-refractivity contribution in [3.05, 3.63) is 11.6 Å². The van der Waals surface area contributed by atoms with Crippen molar-refractivity contribution in [3.8, 4) is 0 Å². The van der Waals surface area contributed by atoms with E-state index in [0.29, 0.717) is 37.1 Å². The number of Topliss-reactive ketones (excluding diaryl/α,β-unsaturated/α-hetero) is 1. The van der Waals surface area contributed by atoms with Gasteiger partial charge in [-0.1, -0.05) is 19.4 Å². The van der Waals surface area contributed by atoms with Crippen molar-refractivity contribution in [2.45, 2.75) is 70.2 Å². The van der Waals surface area contributed by atoms with E-state index in [1.807, 2.05) is 6.08 Å². The Hall–Kier alpha value is -1.08. The summed E-state index contributed by atoms with van der Waals surface area (Å²) >= 11 is 0. The standard InChI is InChI=1S/C23H30O6/c1-20-7-5-15(24)9-14(20)3-4-16-17-6-8-22(21(17,2)10-18(25)19(16)20)23(29-13-27-22)11-26-12-28-23/h9,16-17,19H,3-8,10-13H2,1-2H3/t16-,17-,19+,20-,21-,22+,23+/m0/s1. The summed E-state index contributed by atoms with van der Waals surface area (Å²) in [6.07, 6.45) is 7.48. The highest BCUT2D eigenvalue weighted by molar-refractivity contribution is 5.93. The molecular weight excluding hydrogens is 372 g/mol. The highest BCUT2D eigenvalue weighted by Gasteiger charge is 2.76. The quantitative estimate of drug-likeness (QED) is 0.620. The lowest BCUT2D eigenvalue weighted by Gasteiger charge is -2.59. The van der Waals surface area contributed by atoms with E-state index < -0.39 is 11.4 Å². The minimum atomic E-state index is -0.884. The fourth-order valence-corrected chi connectivity index (χ4v) is 8.36. The maximum absolute atomic E-state index is 13.8. The summed E-state index contributed by atoms with van der Waals surface area (Å²) in [6, 6.07) is 0. The molecule has 29 heavy (non-hydrogen) atoms. The fraction of sp³-hybridized carbons (Fsp3) is 0.826. The first-order valence-corrected chi connectivity index (χ1v) is 11.1. The molecule has 0 radical (unpaired) electrons. The third kappa shape index (κ3) is 2.07. The molecule has 0 aromatic heterocycles.